The van der Waals surface area contributed by atoms with Crippen LogP contribution >= 0.6 is 0 Å². The lowest BCUT2D eigenvalue weighted by atomic mass is 9.83. The van der Waals surface area contributed by atoms with Gasteiger partial charge in [0.2, 0.25) is 0 Å². The normalized spacial score (nSPS) is 23.8. The van der Waals surface area contributed by atoms with E-state index >= 15 is 0 Å². The summed E-state index contributed by atoms with van der Waals surface area (Å²) in [4.78, 5) is 11.6. The first-order valence-corrected chi connectivity index (χ1v) is 7.12. The summed E-state index contributed by atoms with van der Waals surface area (Å²) in [7, 11) is 0. The second kappa shape index (κ2) is 7.09. The number of hydrogen-bond acceptors (Lipinski definition) is 1. The maximum atomic E-state index is 11.6. The van der Waals surface area contributed by atoms with E-state index in [-0.39, 0.29) is 0 Å². The molecule has 1 saturated carbocycles. The third-order valence-electron chi connectivity index (χ3n) is 3.80. The summed E-state index contributed by atoms with van der Waals surface area (Å²) in [6.07, 6.45) is 9.48. The number of rotatable bonds is 6. The van der Waals surface area contributed by atoms with Gasteiger partial charge in [0, 0.05) is 12.3 Å². The van der Waals surface area contributed by atoms with E-state index in [2.05, 4.69) is 20.8 Å². The topological polar surface area (TPSA) is 17.1 Å². The fourth-order valence-electron chi connectivity index (χ4n) is 3.00. The molecule has 94 valence electrons. The second-order valence-corrected chi connectivity index (χ2v) is 6.07. The third-order valence-corrected chi connectivity index (χ3v) is 3.80. The average Bonchev–Trinajstić information content (AvgIpc) is 2.19. The molecule has 0 aromatic carbocycles. The Morgan fingerprint density at radius 3 is 2.62 bits per heavy atom. The van der Waals surface area contributed by atoms with Gasteiger partial charge in [0.05, 0.1) is 0 Å². The molecule has 2 unspecified atom stereocenters. The lowest BCUT2D eigenvalue weighted by molar-refractivity contribution is -0.124. The minimum Gasteiger partial charge on any atom is -0.299 e. The van der Waals surface area contributed by atoms with E-state index in [1.165, 1.54) is 25.7 Å². The molecule has 0 spiro atoms. The predicted octanol–water partition coefficient (Wildman–Crippen LogP) is 4.60. The monoisotopic (exact) mass is 224 g/mol. The Kier molecular flexibility index (Phi) is 6.08. The summed E-state index contributed by atoms with van der Waals surface area (Å²) >= 11 is 0. The van der Waals surface area contributed by atoms with E-state index < -0.39 is 0 Å². The van der Waals surface area contributed by atoms with Crippen molar-refractivity contribution in [2.24, 2.45) is 17.8 Å². The smallest absolute Gasteiger partial charge is 0.135 e. The molecule has 16 heavy (non-hydrogen) atoms. The molecular weight excluding hydrogens is 196 g/mol. The minimum absolute atomic E-state index is 0.417. The summed E-state index contributed by atoms with van der Waals surface area (Å²) in [5.74, 6) is 2.60. The van der Waals surface area contributed by atoms with Crippen molar-refractivity contribution < 1.29 is 4.79 Å². The number of carbonyl (C=O) groups is 1. The van der Waals surface area contributed by atoms with Crippen LogP contribution in [0.2, 0.25) is 0 Å². The van der Waals surface area contributed by atoms with E-state index in [1.807, 2.05) is 0 Å². The van der Waals surface area contributed by atoms with Crippen LogP contribution in [-0.4, -0.2) is 5.78 Å². The number of hydrogen-bond donors (Lipinski definition) is 0. The van der Waals surface area contributed by atoms with Gasteiger partial charge in [-0.05, 0) is 37.5 Å². The zero-order valence-corrected chi connectivity index (χ0v) is 11.3. The van der Waals surface area contributed by atoms with Crippen LogP contribution in [0.15, 0.2) is 0 Å². The van der Waals surface area contributed by atoms with E-state index in [0.717, 1.165) is 37.5 Å². The molecule has 0 aliphatic heterocycles. The molecule has 0 aromatic heterocycles. The Morgan fingerprint density at radius 2 is 2.00 bits per heavy atom. The van der Waals surface area contributed by atoms with E-state index in [9.17, 15) is 4.79 Å². The molecule has 0 aromatic rings. The Balaban J connectivity index is 2.12. The van der Waals surface area contributed by atoms with Crippen LogP contribution in [0.25, 0.3) is 0 Å². The molecule has 0 saturated heterocycles. The first-order valence-electron chi connectivity index (χ1n) is 7.12. The minimum atomic E-state index is 0.417. The van der Waals surface area contributed by atoms with Gasteiger partial charge >= 0.3 is 0 Å². The average molecular weight is 224 g/mol. The highest BCUT2D eigenvalue weighted by atomic mass is 16.1. The lowest BCUT2D eigenvalue weighted by Crippen LogP contribution is -2.19. The summed E-state index contributed by atoms with van der Waals surface area (Å²) in [5.41, 5.74) is 0. The Labute approximate surface area is 101 Å². The van der Waals surface area contributed by atoms with Crippen LogP contribution in [0, 0.1) is 17.8 Å². The summed E-state index contributed by atoms with van der Waals surface area (Å²) < 4.78 is 0. The maximum absolute atomic E-state index is 11.6. The SMILES string of the molecule is CC(C)CC(C)CCCC1CCCCC1=O. The predicted molar refractivity (Wildman–Crippen MR) is 69.4 cm³/mol. The molecule has 2 atom stereocenters. The molecule has 1 fully saturated rings. The van der Waals surface area contributed by atoms with Crippen LogP contribution < -0.4 is 0 Å². The molecule has 1 aliphatic carbocycles. The van der Waals surface area contributed by atoms with Gasteiger partial charge in [-0.25, -0.2) is 0 Å². The van der Waals surface area contributed by atoms with E-state index in [4.69, 9.17) is 0 Å². The van der Waals surface area contributed by atoms with Crippen molar-refractivity contribution in [1.82, 2.24) is 0 Å². The molecule has 1 rings (SSSR count). The first-order chi connectivity index (χ1) is 7.59. The van der Waals surface area contributed by atoms with Crippen LogP contribution in [0.4, 0.5) is 0 Å². The summed E-state index contributed by atoms with van der Waals surface area (Å²) in [6.45, 7) is 6.94. The van der Waals surface area contributed by atoms with Crippen LogP contribution in [0.3, 0.4) is 0 Å². The van der Waals surface area contributed by atoms with Crippen molar-refractivity contribution >= 4 is 5.78 Å². The largest absolute Gasteiger partial charge is 0.299 e. The van der Waals surface area contributed by atoms with Crippen molar-refractivity contribution in [2.75, 3.05) is 0 Å². The highest BCUT2D eigenvalue weighted by molar-refractivity contribution is 5.81. The fourth-order valence-corrected chi connectivity index (χ4v) is 3.00. The molecule has 0 amide bonds. The summed E-state index contributed by atoms with van der Waals surface area (Å²) in [5, 5.41) is 0. The maximum Gasteiger partial charge on any atom is 0.135 e. The molecule has 0 heterocycles. The van der Waals surface area contributed by atoms with Crippen LogP contribution in [0.1, 0.15) is 72.1 Å². The third kappa shape index (κ3) is 5.14. The zero-order valence-electron chi connectivity index (χ0n) is 11.3. The fraction of sp³-hybridized carbons (Fsp3) is 0.933. The second-order valence-electron chi connectivity index (χ2n) is 6.07. The molecule has 0 radical (unpaired) electrons. The Morgan fingerprint density at radius 1 is 1.25 bits per heavy atom. The van der Waals surface area contributed by atoms with Gasteiger partial charge in [0.1, 0.15) is 5.78 Å². The van der Waals surface area contributed by atoms with Crippen molar-refractivity contribution in [2.45, 2.75) is 72.1 Å². The van der Waals surface area contributed by atoms with E-state index in [1.54, 1.807) is 0 Å². The van der Waals surface area contributed by atoms with Crippen LogP contribution in [-0.2, 0) is 4.79 Å². The number of ketones is 1. The highest BCUT2D eigenvalue weighted by Crippen LogP contribution is 2.26. The van der Waals surface area contributed by atoms with Gasteiger partial charge in [-0.15, -0.1) is 0 Å². The molecule has 0 bridgehead atoms. The van der Waals surface area contributed by atoms with Crippen molar-refractivity contribution in [3.63, 3.8) is 0 Å². The van der Waals surface area contributed by atoms with Gasteiger partial charge in [-0.3, -0.25) is 4.79 Å². The zero-order chi connectivity index (χ0) is 12.0. The van der Waals surface area contributed by atoms with Gasteiger partial charge in [-0.1, -0.05) is 40.0 Å². The Bertz CT molecular complexity index is 207. The first kappa shape index (κ1) is 13.7. The molecule has 1 nitrogen and oxygen atoms in total. The molecular formula is C15H28O. The summed E-state index contributed by atoms with van der Waals surface area (Å²) in [6, 6.07) is 0. The number of Topliss-reactive ketones (excluding diaryl/α,β-unsaturated/α-hetero) is 1. The Hall–Kier alpha value is -0.330. The molecule has 1 aliphatic rings. The van der Waals surface area contributed by atoms with Gasteiger partial charge < -0.3 is 0 Å². The van der Waals surface area contributed by atoms with Crippen molar-refractivity contribution in [1.29, 1.82) is 0 Å². The number of carbonyl (C=O) groups excluding carboxylic acids is 1. The van der Waals surface area contributed by atoms with Gasteiger partial charge in [-0.2, -0.15) is 0 Å². The molecule has 1 heteroatoms. The van der Waals surface area contributed by atoms with Crippen molar-refractivity contribution in [3.05, 3.63) is 0 Å². The highest BCUT2D eigenvalue weighted by Gasteiger charge is 2.21. The standard InChI is InChI=1S/C15H28O/c1-12(2)11-13(3)7-6-9-14-8-4-5-10-15(14)16/h12-14H,4-11H2,1-3H3. The molecule has 0 N–H and O–H groups in total. The van der Waals surface area contributed by atoms with Crippen LogP contribution in [0.5, 0.6) is 0 Å². The quantitative estimate of drug-likeness (QED) is 0.644. The van der Waals surface area contributed by atoms with Crippen molar-refractivity contribution in [3.8, 4) is 0 Å². The lowest BCUT2D eigenvalue weighted by Gasteiger charge is -2.21. The van der Waals surface area contributed by atoms with Gasteiger partial charge in [0.25, 0.3) is 0 Å². The van der Waals surface area contributed by atoms with Gasteiger partial charge in [0.15, 0.2) is 0 Å². The van der Waals surface area contributed by atoms with E-state index in [0.29, 0.717) is 11.7 Å².